The van der Waals surface area contributed by atoms with E-state index in [1.165, 1.54) is 11.3 Å². The quantitative estimate of drug-likeness (QED) is 0.754. The molecule has 1 aliphatic heterocycles. The fourth-order valence-electron chi connectivity index (χ4n) is 1.91. The maximum atomic E-state index is 11.7. The van der Waals surface area contributed by atoms with E-state index in [-0.39, 0.29) is 11.7 Å². The first-order valence-electron chi connectivity index (χ1n) is 5.62. The van der Waals surface area contributed by atoms with E-state index in [9.17, 15) is 9.59 Å². The molecule has 0 bridgehead atoms. The SMILES string of the molecule is O=C(CCC(=O)N1CCCC1)c1cccs1. The Morgan fingerprint density at radius 1 is 1.25 bits per heavy atom. The fourth-order valence-corrected chi connectivity index (χ4v) is 2.60. The Balaban J connectivity index is 1.79. The van der Waals surface area contributed by atoms with Crippen LogP contribution in [-0.2, 0) is 4.79 Å². The van der Waals surface area contributed by atoms with Crippen molar-refractivity contribution in [2.24, 2.45) is 0 Å². The normalized spacial score (nSPS) is 15.4. The van der Waals surface area contributed by atoms with Gasteiger partial charge in [0.2, 0.25) is 5.91 Å². The fraction of sp³-hybridized carbons (Fsp3) is 0.500. The lowest BCUT2D eigenvalue weighted by Gasteiger charge is -2.14. The second-order valence-electron chi connectivity index (χ2n) is 3.99. The summed E-state index contributed by atoms with van der Waals surface area (Å²) >= 11 is 1.44. The molecule has 16 heavy (non-hydrogen) atoms. The largest absolute Gasteiger partial charge is 0.343 e. The Labute approximate surface area is 99.1 Å². The highest BCUT2D eigenvalue weighted by molar-refractivity contribution is 7.12. The molecule has 0 aromatic carbocycles. The van der Waals surface area contributed by atoms with Gasteiger partial charge < -0.3 is 4.90 Å². The van der Waals surface area contributed by atoms with Crippen molar-refractivity contribution < 1.29 is 9.59 Å². The second kappa shape index (κ2) is 5.25. The van der Waals surface area contributed by atoms with Gasteiger partial charge >= 0.3 is 0 Å². The van der Waals surface area contributed by atoms with Crippen molar-refractivity contribution in [3.8, 4) is 0 Å². The van der Waals surface area contributed by atoms with Crippen molar-refractivity contribution in [1.29, 1.82) is 0 Å². The number of hydrogen-bond donors (Lipinski definition) is 0. The summed E-state index contributed by atoms with van der Waals surface area (Å²) in [6, 6.07) is 3.67. The minimum Gasteiger partial charge on any atom is -0.343 e. The first-order valence-corrected chi connectivity index (χ1v) is 6.50. The molecule has 0 aliphatic carbocycles. The summed E-state index contributed by atoms with van der Waals surface area (Å²) in [5.74, 6) is 0.213. The average Bonchev–Trinajstić information content (AvgIpc) is 2.95. The highest BCUT2D eigenvalue weighted by Crippen LogP contribution is 2.14. The molecule has 86 valence electrons. The average molecular weight is 237 g/mol. The molecule has 3 nitrogen and oxygen atoms in total. The van der Waals surface area contributed by atoms with Gasteiger partial charge in [-0.25, -0.2) is 0 Å². The highest BCUT2D eigenvalue weighted by Gasteiger charge is 2.18. The van der Waals surface area contributed by atoms with Crippen molar-refractivity contribution in [3.63, 3.8) is 0 Å². The molecule has 1 aromatic heterocycles. The molecule has 1 aliphatic rings. The molecule has 0 radical (unpaired) electrons. The lowest BCUT2D eigenvalue weighted by Crippen LogP contribution is -2.27. The predicted molar refractivity (Wildman–Crippen MR) is 63.7 cm³/mol. The molecule has 2 rings (SSSR count). The van der Waals surface area contributed by atoms with Crippen LogP contribution in [0.5, 0.6) is 0 Å². The minimum absolute atomic E-state index is 0.0857. The number of hydrogen-bond acceptors (Lipinski definition) is 3. The van der Waals surface area contributed by atoms with Gasteiger partial charge in [0.15, 0.2) is 5.78 Å². The van der Waals surface area contributed by atoms with Crippen molar-refractivity contribution in [2.75, 3.05) is 13.1 Å². The van der Waals surface area contributed by atoms with E-state index in [1.807, 2.05) is 22.4 Å². The van der Waals surface area contributed by atoms with Gasteiger partial charge in [-0.15, -0.1) is 11.3 Å². The lowest BCUT2D eigenvalue weighted by atomic mass is 10.2. The van der Waals surface area contributed by atoms with Crippen LogP contribution in [0.3, 0.4) is 0 Å². The number of ketones is 1. The van der Waals surface area contributed by atoms with Crippen molar-refractivity contribution in [2.45, 2.75) is 25.7 Å². The molecule has 0 atom stereocenters. The molecule has 0 saturated carbocycles. The van der Waals surface area contributed by atoms with Gasteiger partial charge in [-0.3, -0.25) is 9.59 Å². The molecule has 1 saturated heterocycles. The van der Waals surface area contributed by atoms with E-state index in [1.54, 1.807) is 0 Å². The summed E-state index contributed by atoms with van der Waals surface area (Å²) in [7, 11) is 0. The van der Waals surface area contributed by atoms with E-state index >= 15 is 0 Å². The van der Waals surface area contributed by atoms with E-state index in [2.05, 4.69) is 0 Å². The van der Waals surface area contributed by atoms with Crippen LogP contribution in [0, 0.1) is 0 Å². The second-order valence-corrected chi connectivity index (χ2v) is 4.94. The van der Waals surface area contributed by atoms with E-state index in [0.29, 0.717) is 12.8 Å². The number of rotatable bonds is 4. The van der Waals surface area contributed by atoms with Crippen LogP contribution in [0.15, 0.2) is 17.5 Å². The molecule has 4 heteroatoms. The van der Waals surface area contributed by atoms with Crippen molar-refractivity contribution >= 4 is 23.0 Å². The van der Waals surface area contributed by atoms with Crippen LogP contribution >= 0.6 is 11.3 Å². The zero-order valence-corrected chi connectivity index (χ0v) is 9.96. The molecule has 1 aromatic rings. The Morgan fingerprint density at radius 3 is 2.62 bits per heavy atom. The van der Waals surface area contributed by atoms with Crippen LogP contribution in [0.2, 0.25) is 0 Å². The maximum absolute atomic E-state index is 11.7. The molecule has 0 spiro atoms. The lowest BCUT2D eigenvalue weighted by molar-refractivity contribution is -0.130. The van der Waals surface area contributed by atoms with Gasteiger partial charge in [-0.05, 0) is 24.3 Å². The van der Waals surface area contributed by atoms with Gasteiger partial charge in [0, 0.05) is 25.9 Å². The zero-order valence-electron chi connectivity index (χ0n) is 9.15. The number of Topliss-reactive ketones (excluding diaryl/α,β-unsaturated/α-hetero) is 1. The monoisotopic (exact) mass is 237 g/mol. The first-order chi connectivity index (χ1) is 7.77. The van der Waals surface area contributed by atoms with Gasteiger partial charge in [0.05, 0.1) is 4.88 Å². The van der Waals surface area contributed by atoms with Crippen LogP contribution in [0.4, 0.5) is 0 Å². The molecule has 1 amide bonds. The number of likely N-dealkylation sites (tertiary alicyclic amines) is 1. The summed E-state index contributed by atoms with van der Waals surface area (Å²) in [5, 5.41) is 1.88. The third-order valence-electron chi connectivity index (χ3n) is 2.82. The Bertz CT molecular complexity index is 366. The van der Waals surface area contributed by atoms with E-state index in [0.717, 1.165) is 30.8 Å². The number of amides is 1. The van der Waals surface area contributed by atoms with E-state index in [4.69, 9.17) is 0 Å². The standard InChI is InChI=1S/C12H15NO2S/c14-10(11-4-3-9-16-11)5-6-12(15)13-7-1-2-8-13/h3-4,9H,1-2,5-8H2. The molecule has 1 fully saturated rings. The van der Waals surface area contributed by atoms with E-state index < -0.39 is 0 Å². The Morgan fingerprint density at radius 2 is 2.00 bits per heavy atom. The summed E-state index contributed by atoms with van der Waals surface area (Å²) < 4.78 is 0. The van der Waals surface area contributed by atoms with Crippen LogP contribution in [-0.4, -0.2) is 29.7 Å². The zero-order chi connectivity index (χ0) is 11.4. The van der Waals surface area contributed by atoms with Gasteiger partial charge in [0.1, 0.15) is 0 Å². The topological polar surface area (TPSA) is 37.4 Å². The van der Waals surface area contributed by atoms with Crippen molar-refractivity contribution in [3.05, 3.63) is 22.4 Å². The molecule has 2 heterocycles. The molecular formula is C12H15NO2S. The number of carbonyl (C=O) groups is 2. The van der Waals surface area contributed by atoms with Crippen molar-refractivity contribution in [1.82, 2.24) is 4.90 Å². The highest BCUT2D eigenvalue weighted by atomic mass is 32.1. The Hall–Kier alpha value is -1.16. The molecule has 0 unspecified atom stereocenters. The third-order valence-corrected chi connectivity index (χ3v) is 3.73. The summed E-state index contributed by atoms with van der Waals surface area (Å²) in [6.07, 6.45) is 2.90. The smallest absolute Gasteiger partial charge is 0.223 e. The number of nitrogens with zero attached hydrogens (tertiary/aromatic N) is 1. The Kier molecular flexibility index (Phi) is 3.72. The predicted octanol–water partition coefficient (Wildman–Crippen LogP) is 2.33. The number of carbonyl (C=O) groups excluding carboxylic acids is 2. The minimum atomic E-state index is 0.0857. The van der Waals surface area contributed by atoms with Gasteiger partial charge in [0.25, 0.3) is 0 Å². The summed E-state index contributed by atoms with van der Waals surface area (Å²) in [4.78, 5) is 26.0. The number of thiophene rings is 1. The maximum Gasteiger partial charge on any atom is 0.223 e. The summed E-state index contributed by atoms with van der Waals surface area (Å²) in [5.41, 5.74) is 0. The molecule has 0 N–H and O–H groups in total. The first kappa shape index (κ1) is 11.3. The third kappa shape index (κ3) is 2.70. The van der Waals surface area contributed by atoms with Crippen LogP contribution in [0.25, 0.3) is 0 Å². The summed E-state index contributed by atoms with van der Waals surface area (Å²) in [6.45, 7) is 1.73. The molecular weight excluding hydrogens is 222 g/mol. The van der Waals surface area contributed by atoms with Gasteiger partial charge in [-0.1, -0.05) is 6.07 Å². The van der Waals surface area contributed by atoms with Crippen LogP contribution in [0.1, 0.15) is 35.4 Å². The van der Waals surface area contributed by atoms with Gasteiger partial charge in [-0.2, -0.15) is 0 Å². The van der Waals surface area contributed by atoms with Crippen LogP contribution < -0.4 is 0 Å².